The molecule has 3 aromatic rings. The van der Waals surface area contributed by atoms with E-state index in [0.717, 1.165) is 5.69 Å². The largest absolute Gasteiger partial charge is 0.346 e. The summed E-state index contributed by atoms with van der Waals surface area (Å²) in [5, 5.41) is 2.91. The Morgan fingerprint density at radius 1 is 1.37 bits per heavy atom. The average molecular weight is 414 g/mol. The van der Waals surface area contributed by atoms with E-state index in [4.69, 9.17) is 5.73 Å². The number of alkyl halides is 1. The molecule has 1 unspecified atom stereocenters. The van der Waals surface area contributed by atoms with Gasteiger partial charge in [-0.3, -0.25) is 9.78 Å². The highest BCUT2D eigenvalue weighted by atomic mass is 19.1. The third-order valence-electron chi connectivity index (χ3n) is 5.35. The van der Waals surface area contributed by atoms with Crippen molar-refractivity contribution in [2.24, 2.45) is 5.73 Å². The number of carbonyl (C=O) groups is 1. The number of fused-ring (bicyclic) bond motifs is 1. The van der Waals surface area contributed by atoms with E-state index in [9.17, 15) is 13.6 Å². The number of rotatable bonds is 5. The molecule has 0 bridgehead atoms. The molecule has 0 spiro atoms. The second kappa shape index (κ2) is 8.35. The van der Waals surface area contributed by atoms with Gasteiger partial charge >= 0.3 is 0 Å². The predicted octanol–water partition coefficient (Wildman–Crippen LogP) is 2.32. The fourth-order valence-corrected chi connectivity index (χ4v) is 3.75. The van der Waals surface area contributed by atoms with Crippen LogP contribution in [0.3, 0.4) is 0 Å². The van der Waals surface area contributed by atoms with Gasteiger partial charge in [-0.2, -0.15) is 0 Å². The van der Waals surface area contributed by atoms with Crippen LogP contribution in [0.25, 0.3) is 11.0 Å². The summed E-state index contributed by atoms with van der Waals surface area (Å²) in [7, 11) is 0. The molecule has 3 heterocycles. The van der Waals surface area contributed by atoms with E-state index in [-0.39, 0.29) is 31.5 Å². The molecule has 1 aliphatic rings. The minimum Gasteiger partial charge on any atom is -0.346 e. The molecule has 1 saturated heterocycles. The van der Waals surface area contributed by atoms with Gasteiger partial charge in [0.1, 0.15) is 18.5 Å². The summed E-state index contributed by atoms with van der Waals surface area (Å²) in [6.45, 7) is 2.49. The number of imidazole rings is 1. The summed E-state index contributed by atoms with van der Waals surface area (Å²) >= 11 is 0. The number of aromatic nitrogens is 3. The number of halogens is 2. The summed E-state index contributed by atoms with van der Waals surface area (Å²) in [5.41, 5.74) is 7.71. The van der Waals surface area contributed by atoms with Crippen LogP contribution in [-0.4, -0.2) is 45.7 Å². The first-order valence-corrected chi connectivity index (χ1v) is 9.93. The zero-order valence-electron chi connectivity index (χ0n) is 16.6. The molecular weight excluding hydrogens is 390 g/mol. The van der Waals surface area contributed by atoms with Crippen molar-refractivity contribution in [3.63, 3.8) is 0 Å². The van der Waals surface area contributed by atoms with Crippen molar-refractivity contribution in [3.05, 3.63) is 54.1 Å². The third-order valence-corrected chi connectivity index (χ3v) is 5.35. The van der Waals surface area contributed by atoms with Crippen molar-refractivity contribution < 1.29 is 13.6 Å². The molecule has 0 aliphatic carbocycles. The van der Waals surface area contributed by atoms with Gasteiger partial charge in [0.05, 0.1) is 28.8 Å². The van der Waals surface area contributed by atoms with Crippen molar-refractivity contribution in [2.75, 3.05) is 18.0 Å². The zero-order chi connectivity index (χ0) is 21.3. The van der Waals surface area contributed by atoms with Crippen LogP contribution in [0.4, 0.5) is 14.7 Å². The Morgan fingerprint density at radius 3 is 2.93 bits per heavy atom. The molecular formula is C21H24F2N6O. The van der Waals surface area contributed by atoms with Crippen molar-refractivity contribution in [1.82, 2.24) is 19.9 Å². The normalized spacial score (nSPS) is 20.3. The van der Waals surface area contributed by atoms with E-state index in [1.165, 1.54) is 12.1 Å². The molecule has 1 aliphatic heterocycles. The number of hydrogen-bond acceptors (Lipinski definition) is 5. The summed E-state index contributed by atoms with van der Waals surface area (Å²) in [5.74, 6) is -0.196. The van der Waals surface area contributed by atoms with Crippen LogP contribution in [0.5, 0.6) is 0 Å². The number of benzene rings is 1. The lowest BCUT2D eigenvalue weighted by Crippen LogP contribution is -2.50. The van der Waals surface area contributed by atoms with Gasteiger partial charge in [-0.05, 0) is 43.7 Å². The van der Waals surface area contributed by atoms with Crippen molar-refractivity contribution in [3.8, 4) is 0 Å². The minimum atomic E-state index is -1.07. The number of carbonyl (C=O) groups excluding carboxylic acids is 1. The maximum absolute atomic E-state index is 13.9. The van der Waals surface area contributed by atoms with Gasteiger partial charge in [0.25, 0.3) is 0 Å². The number of hydrogen-bond donors (Lipinski definition) is 2. The minimum absolute atomic E-state index is 0.0583. The van der Waals surface area contributed by atoms with Crippen LogP contribution >= 0.6 is 0 Å². The first-order valence-electron chi connectivity index (χ1n) is 9.93. The molecule has 9 heteroatoms. The van der Waals surface area contributed by atoms with E-state index < -0.39 is 18.0 Å². The first-order chi connectivity index (χ1) is 14.4. The molecule has 3 atom stereocenters. The maximum Gasteiger partial charge on any atom is 0.240 e. The topological polar surface area (TPSA) is 89.1 Å². The Bertz CT molecular complexity index is 1040. The van der Waals surface area contributed by atoms with Crippen molar-refractivity contribution in [1.29, 1.82) is 0 Å². The molecule has 0 saturated carbocycles. The quantitative estimate of drug-likeness (QED) is 0.669. The maximum atomic E-state index is 13.9. The second-order valence-electron chi connectivity index (χ2n) is 7.59. The van der Waals surface area contributed by atoms with Crippen LogP contribution in [0, 0.1) is 5.82 Å². The molecule has 1 fully saturated rings. The molecule has 0 radical (unpaired) electrons. The first kappa shape index (κ1) is 20.2. The van der Waals surface area contributed by atoms with E-state index in [0.29, 0.717) is 23.5 Å². The Kier molecular flexibility index (Phi) is 5.63. The Morgan fingerprint density at radius 2 is 2.20 bits per heavy atom. The number of pyridine rings is 1. The van der Waals surface area contributed by atoms with Crippen molar-refractivity contribution >= 4 is 22.9 Å². The molecule has 1 amide bonds. The smallest absolute Gasteiger partial charge is 0.240 e. The second-order valence-corrected chi connectivity index (χ2v) is 7.59. The zero-order valence-corrected chi connectivity index (χ0v) is 16.6. The monoisotopic (exact) mass is 414 g/mol. The Labute approximate surface area is 172 Å². The molecule has 3 N–H and O–H groups in total. The van der Waals surface area contributed by atoms with Crippen LogP contribution in [0.15, 0.2) is 42.6 Å². The highest BCUT2D eigenvalue weighted by molar-refractivity contribution is 5.83. The fraction of sp³-hybridized carbons (Fsp3) is 0.381. The third kappa shape index (κ3) is 4.11. The van der Waals surface area contributed by atoms with Gasteiger partial charge in [-0.1, -0.05) is 6.07 Å². The van der Waals surface area contributed by atoms with E-state index in [2.05, 4.69) is 15.3 Å². The van der Waals surface area contributed by atoms with Gasteiger partial charge in [0.2, 0.25) is 11.9 Å². The van der Waals surface area contributed by atoms with Crippen LogP contribution < -0.4 is 16.0 Å². The van der Waals surface area contributed by atoms with Gasteiger partial charge in [-0.15, -0.1) is 0 Å². The number of piperidine rings is 1. The number of amides is 1. The van der Waals surface area contributed by atoms with Crippen LogP contribution in [-0.2, 0) is 11.3 Å². The van der Waals surface area contributed by atoms with E-state index >= 15 is 0 Å². The lowest BCUT2D eigenvalue weighted by Gasteiger charge is -2.34. The average Bonchev–Trinajstić information content (AvgIpc) is 3.08. The standard InChI is InChI=1S/C21H24F2N6O/c1-13(17-4-2-3-8-25-17)26-20(30)12-29-19-10-14(22)5-6-18(19)27-21(29)28-9-7-15(23)16(24)11-28/h2-6,8,10,13,15-16H,7,9,11-12,24H2,1H3,(H,26,30)/t13?,15-,16-/m1/s1. The molecule has 1 aromatic carbocycles. The number of anilines is 1. The fourth-order valence-electron chi connectivity index (χ4n) is 3.75. The molecule has 158 valence electrons. The van der Waals surface area contributed by atoms with Crippen LogP contribution in [0.2, 0.25) is 0 Å². The summed E-state index contributed by atoms with van der Waals surface area (Å²) in [6, 6.07) is 8.82. The molecule has 2 aromatic heterocycles. The molecule has 7 nitrogen and oxygen atoms in total. The van der Waals surface area contributed by atoms with E-state index in [1.807, 2.05) is 30.0 Å². The highest BCUT2D eigenvalue weighted by Gasteiger charge is 2.29. The summed E-state index contributed by atoms with van der Waals surface area (Å²) in [6.07, 6.45) is 0.876. The lowest BCUT2D eigenvalue weighted by molar-refractivity contribution is -0.122. The van der Waals surface area contributed by atoms with Gasteiger partial charge in [-0.25, -0.2) is 13.8 Å². The molecule has 4 rings (SSSR count). The summed E-state index contributed by atoms with van der Waals surface area (Å²) < 4.78 is 29.4. The number of nitrogens with two attached hydrogens (primary N) is 1. The SMILES string of the molecule is CC(NC(=O)Cn1c(N2CC[C@@H](F)[C@H](N)C2)nc2ccc(F)cc21)c1ccccn1. The van der Waals surface area contributed by atoms with Crippen LogP contribution in [0.1, 0.15) is 25.1 Å². The Hall–Kier alpha value is -3.07. The van der Waals surface area contributed by atoms with Gasteiger partial charge in [0.15, 0.2) is 0 Å². The molecule has 30 heavy (non-hydrogen) atoms. The lowest BCUT2D eigenvalue weighted by atomic mass is 10.1. The van der Waals surface area contributed by atoms with Gasteiger partial charge in [0, 0.05) is 19.3 Å². The summed E-state index contributed by atoms with van der Waals surface area (Å²) in [4.78, 5) is 23.5. The highest BCUT2D eigenvalue weighted by Crippen LogP contribution is 2.26. The number of nitrogens with one attached hydrogen (secondary N) is 1. The number of nitrogens with zero attached hydrogens (tertiary/aromatic N) is 4. The predicted molar refractivity (Wildman–Crippen MR) is 110 cm³/mol. The van der Waals surface area contributed by atoms with Gasteiger partial charge < -0.3 is 20.5 Å². The Balaban J connectivity index is 1.61. The van der Waals surface area contributed by atoms with E-state index in [1.54, 1.807) is 16.8 Å². The van der Waals surface area contributed by atoms with Crippen molar-refractivity contribution in [2.45, 2.75) is 38.1 Å².